The second-order valence-corrected chi connectivity index (χ2v) is 25.5. The van der Waals surface area contributed by atoms with E-state index in [1.54, 1.807) is 0 Å². The van der Waals surface area contributed by atoms with Crippen molar-refractivity contribution in [1.82, 2.24) is 4.57 Å². The van der Waals surface area contributed by atoms with E-state index in [9.17, 15) is 105 Å². The molecule has 1 heterocycles. The molecular formula is C69H59BF24IrN2P-. The van der Waals surface area contributed by atoms with Gasteiger partial charge in [-0.3, -0.25) is 9.13 Å². The van der Waals surface area contributed by atoms with Gasteiger partial charge in [0.05, 0.1) is 55.9 Å². The molecular weight excluding hydrogens is 1550 g/mol. The van der Waals surface area contributed by atoms with Gasteiger partial charge in [0.2, 0.25) is 0 Å². The molecule has 0 saturated heterocycles. The quantitative estimate of drug-likeness (QED) is 0.0376. The molecule has 1 radical (unpaired) electrons. The monoisotopic (exact) mass is 1610 g/mol. The van der Waals surface area contributed by atoms with Gasteiger partial charge in [0, 0.05) is 32.5 Å². The number of allylic oxidation sites excluding steroid dienone is 4. The molecule has 0 amide bonds. The number of hydrogen-bond donors (Lipinski definition) is 0. The van der Waals surface area contributed by atoms with Gasteiger partial charge in [-0.05, 0) is 132 Å². The number of aryl methyl sites for hydroxylation is 6. The molecule has 1 aliphatic carbocycles. The summed E-state index contributed by atoms with van der Waals surface area (Å²) in [7, 11) is 0.104. The summed E-state index contributed by atoms with van der Waals surface area (Å²) >= 11 is 0. The zero-order valence-electron chi connectivity index (χ0n) is 52.7. The average Bonchev–Trinajstić information content (AvgIpc) is 0.786. The molecule has 8 aromatic rings. The van der Waals surface area contributed by atoms with Crippen molar-refractivity contribution in [3.63, 3.8) is 0 Å². The summed E-state index contributed by atoms with van der Waals surface area (Å²) in [5.41, 5.74) is -20.1. The standard InChI is InChI=1S/C32H12BF24.C21H24N2.C8H11P.C8H12.Ir/c34-25(35,36)13-1-14(26(37,38)39)6-21(5-13)33(22-7-15(27(40,41)42)2-16(8-22)28(43,44)45,23-9-17(29(46,47)48)3-18(10-23)30(49,50)51)24-11-19(31(52,53)54)4-20(12-24)32(55,56)57;1-14-9-16(3)20(17(4)10-14)22-7-8-23(13-22)21-18(5)11-15(2)12-19(21)6;1-9(2)8-6-4-3-5-7-8;1-2-4-6-8-7-5-3-1;/h1-12H;7-12H,1-6H3;3-7H,1-2H3;1-2,7-8H,3-6H2;/q-1;;;;/b;;;2-1-,8-7-;. The Morgan fingerprint density at radius 2 is 0.602 bits per heavy atom. The first-order chi connectivity index (χ1) is 44.4. The third-order valence-electron chi connectivity index (χ3n) is 15.4. The van der Waals surface area contributed by atoms with E-state index in [4.69, 9.17) is 0 Å². The maximum atomic E-state index is 14.2. The first-order valence-electron chi connectivity index (χ1n) is 29.0. The fraction of sp³-hybridized carbons (Fsp3) is 0.290. The summed E-state index contributed by atoms with van der Waals surface area (Å²) in [4.78, 5) is 0. The van der Waals surface area contributed by atoms with Crippen LogP contribution in [0.2, 0.25) is 0 Å². The molecule has 1 aromatic heterocycles. The van der Waals surface area contributed by atoms with Crippen LogP contribution in [-0.4, -0.2) is 24.0 Å². The van der Waals surface area contributed by atoms with E-state index in [-0.39, 0.29) is 28.0 Å². The van der Waals surface area contributed by atoms with E-state index >= 15 is 0 Å². The van der Waals surface area contributed by atoms with Crippen molar-refractivity contribution in [2.75, 3.05) is 13.3 Å². The zero-order chi connectivity index (χ0) is 73.0. The Balaban J connectivity index is 0.000000338. The molecule has 0 saturated carbocycles. The van der Waals surface area contributed by atoms with Crippen molar-refractivity contribution in [2.24, 2.45) is 0 Å². The van der Waals surface area contributed by atoms with Crippen molar-refractivity contribution in [2.45, 2.75) is 117 Å². The van der Waals surface area contributed by atoms with Crippen LogP contribution >= 0.6 is 7.92 Å². The Morgan fingerprint density at radius 1 is 0.357 bits per heavy atom. The van der Waals surface area contributed by atoms with E-state index in [1.807, 2.05) is 0 Å². The molecule has 0 spiro atoms. The van der Waals surface area contributed by atoms with Crippen LogP contribution in [0.15, 0.2) is 164 Å². The molecule has 29 heteroatoms. The molecule has 0 aliphatic heterocycles. The van der Waals surface area contributed by atoms with Gasteiger partial charge in [0.25, 0.3) is 6.33 Å². The molecule has 0 fully saturated rings. The third-order valence-corrected chi connectivity index (χ3v) is 16.7. The van der Waals surface area contributed by atoms with Gasteiger partial charge in [-0.1, -0.05) is 146 Å². The molecule has 0 unspecified atom stereocenters. The van der Waals surface area contributed by atoms with E-state index in [1.165, 1.54) is 75.7 Å². The summed E-state index contributed by atoms with van der Waals surface area (Å²) < 4.78 is 345. The van der Waals surface area contributed by atoms with Crippen LogP contribution in [-0.2, 0) is 69.5 Å². The summed E-state index contributed by atoms with van der Waals surface area (Å²) in [5.74, 6) is 0. The largest absolute Gasteiger partial charge is 0.416 e. The first-order valence-corrected chi connectivity index (χ1v) is 31.2. The van der Waals surface area contributed by atoms with Crippen LogP contribution in [0.1, 0.15) is 104 Å². The maximum absolute atomic E-state index is 14.2. The molecule has 98 heavy (non-hydrogen) atoms. The molecule has 0 N–H and O–H groups in total. The summed E-state index contributed by atoms with van der Waals surface area (Å²) in [6.45, 7) is 17.5. The molecule has 531 valence electrons. The Morgan fingerprint density at radius 3 is 0.827 bits per heavy atom. The number of rotatable bonds is 7. The summed E-state index contributed by atoms with van der Waals surface area (Å²) in [6, 6.07) is 10.7. The van der Waals surface area contributed by atoms with E-state index < -0.39 is 195 Å². The Kier molecular flexibility index (Phi) is 25.8. The molecule has 0 atom stereocenters. The predicted octanol–water partition coefficient (Wildman–Crippen LogP) is 20.3. The van der Waals surface area contributed by atoms with Gasteiger partial charge in [0.1, 0.15) is 6.15 Å². The second-order valence-electron chi connectivity index (χ2n) is 23.2. The van der Waals surface area contributed by atoms with Crippen molar-refractivity contribution in [1.29, 1.82) is 0 Å². The van der Waals surface area contributed by atoms with Gasteiger partial charge in [-0.15, -0.1) is 0 Å². The van der Waals surface area contributed by atoms with Crippen molar-refractivity contribution >= 4 is 41.2 Å². The van der Waals surface area contributed by atoms with Crippen LogP contribution in [0.3, 0.4) is 0 Å². The van der Waals surface area contributed by atoms with Gasteiger partial charge >= 0.3 is 49.4 Å². The molecule has 9 rings (SSSR count). The number of hydrogen-bond acceptors (Lipinski definition) is 0. The number of halogens is 24. The Bertz CT molecular complexity index is 3530. The number of alkyl halides is 24. The number of benzene rings is 7. The fourth-order valence-electron chi connectivity index (χ4n) is 11.3. The van der Waals surface area contributed by atoms with Gasteiger partial charge in [-0.25, -0.2) is 0 Å². The summed E-state index contributed by atoms with van der Waals surface area (Å²) in [5, 5.41) is 1.48. The fourth-order valence-corrected chi connectivity index (χ4v) is 12.1. The molecule has 0 bridgehead atoms. The first kappa shape index (κ1) is 81.4. The number of nitrogens with zero attached hydrogens (tertiary/aromatic N) is 2. The number of aromatic nitrogens is 2. The average molecular weight is 1610 g/mol. The molecule has 2 nitrogen and oxygen atoms in total. The predicted molar refractivity (Wildman–Crippen MR) is 326 cm³/mol. The molecule has 1 aliphatic rings. The van der Waals surface area contributed by atoms with Crippen molar-refractivity contribution in [3.8, 4) is 11.4 Å². The normalized spacial score (nSPS) is 14.1. The zero-order valence-corrected chi connectivity index (χ0v) is 56.0. The van der Waals surface area contributed by atoms with Crippen LogP contribution in [0.4, 0.5) is 105 Å². The Labute approximate surface area is 563 Å². The minimum atomic E-state index is -6.13. The van der Waals surface area contributed by atoms with E-state index in [0.717, 1.165) is 0 Å². The van der Waals surface area contributed by atoms with E-state index in [0.29, 0.717) is 0 Å². The minimum Gasteiger partial charge on any atom is -0.298 e. The number of imidazole rings is 1. The second kappa shape index (κ2) is 31.1. The minimum absolute atomic E-state index is 0. The SMILES string of the molecule is C1=C\CC/C=C\CC/1.CP(C)c1ccccc1.Cc1cc(C)c(-n2[c-][n+](-c3c(C)cc(C)cc3C)cc2)c(C)c1.FC(F)(F)c1cc([B-](c2cc(C(F)(F)F)cc(C(F)(F)F)c2)(c2cc(C(F)(F)F)cc(C(F)(F)F)c2)c2cc(C(F)(F)F)cc(C(F)(F)F)c2)cc(C(F)(F)F)c1.[Ir]. The topological polar surface area (TPSA) is 8.81 Å². The Hall–Kier alpha value is -7.31. The van der Waals surface area contributed by atoms with E-state index in [2.05, 4.69) is 162 Å². The van der Waals surface area contributed by atoms with Crippen LogP contribution in [0.5, 0.6) is 0 Å². The summed E-state index contributed by atoms with van der Waals surface area (Å²) in [6.07, 6.45) is -33.2. The van der Waals surface area contributed by atoms with Crippen molar-refractivity contribution < 1.29 is 130 Å². The van der Waals surface area contributed by atoms with Gasteiger partial charge in [-0.2, -0.15) is 127 Å². The van der Waals surface area contributed by atoms with Gasteiger partial charge in [0.15, 0.2) is 0 Å². The van der Waals surface area contributed by atoms with Crippen LogP contribution < -0.4 is 31.7 Å². The third kappa shape index (κ3) is 20.7. The van der Waals surface area contributed by atoms with Crippen LogP contribution in [0.25, 0.3) is 11.4 Å². The van der Waals surface area contributed by atoms with Crippen LogP contribution in [0, 0.1) is 47.9 Å². The maximum Gasteiger partial charge on any atom is 0.416 e. The van der Waals surface area contributed by atoms with Gasteiger partial charge < -0.3 is 0 Å². The van der Waals surface area contributed by atoms with Crippen molar-refractivity contribution in [3.05, 3.63) is 248 Å². The smallest absolute Gasteiger partial charge is 0.298 e. The molecule has 7 aromatic carbocycles.